The standard InChI is InChI=1S/C16H16Cl2O2/c1-2-15(19)13-5-3-4-6-16(13)20-10-11-9-12(17)7-8-14(11)18/h3-9,15,19H,2,10H2,1H3/t15-/m0/s1. The van der Waals surface area contributed by atoms with E-state index in [1.54, 1.807) is 18.2 Å². The predicted molar refractivity (Wildman–Crippen MR) is 82.5 cm³/mol. The topological polar surface area (TPSA) is 29.5 Å². The van der Waals surface area contributed by atoms with Gasteiger partial charge in [0.05, 0.1) is 6.10 Å². The second-order valence-corrected chi connectivity index (χ2v) is 5.33. The van der Waals surface area contributed by atoms with Crippen LogP contribution < -0.4 is 4.74 Å². The highest BCUT2D eigenvalue weighted by Crippen LogP contribution is 2.29. The monoisotopic (exact) mass is 310 g/mol. The molecule has 0 saturated heterocycles. The molecule has 1 N–H and O–H groups in total. The number of aliphatic hydroxyl groups excluding tert-OH is 1. The quantitative estimate of drug-likeness (QED) is 0.840. The van der Waals surface area contributed by atoms with Gasteiger partial charge >= 0.3 is 0 Å². The Bertz CT molecular complexity index is 584. The Balaban J connectivity index is 2.17. The van der Waals surface area contributed by atoms with Crippen LogP contribution in [-0.2, 0) is 6.61 Å². The normalized spacial score (nSPS) is 12.2. The van der Waals surface area contributed by atoms with Crippen LogP contribution in [0, 0.1) is 0 Å². The molecule has 0 aliphatic heterocycles. The molecule has 2 aromatic carbocycles. The number of hydrogen-bond acceptors (Lipinski definition) is 2. The molecule has 1 atom stereocenters. The summed E-state index contributed by atoms with van der Waals surface area (Å²) in [6.07, 6.45) is 0.110. The van der Waals surface area contributed by atoms with Crippen molar-refractivity contribution in [2.75, 3.05) is 0 Å². The molecule has 0 radical (unpaired) electrons. The minimum absolute atomic E-state index is 0.312. The van der Waals surface area contributed by atoms with Crippen LogP contribution in [0.3, 0.4) is 0 Å². The zero-order valence-electron chi connectivity index (χ0n) is 11.1. The lowest BCUT2D eigenvalue weighted by Crippen LogP contribution is -2.02. The second kappa shape index (κ2) is 6.98. The van der Waals surface area contributed by atoms with Gasteiger partial charge in [0.15, 0.2) is 0 Å². The number of rotatable bonds is 5. The van der Waals surface area contributed by atoms with E-state index in [1.165, 1.54) is 0 Å². The highest BCUT2D eigenvalue weighted by molar-refractivity contribution is 6.33. The van der Waals surface area contributed by atoms with Gasteiger partial charge in [-0.1, -0.05) is 48.3 Å². The van der Waals surface area contributed by atoms with Crippen molar-refractivity contribution in [3.63, 3.8) is 0 Å². The number of aliphatic hydroxyl groups is 1. The van der Waals surface area contributed by atoms with E-state index in [4.69, 9.17) is 27.9 Å². The van der Waals surface area contributed by atoms with Crippen molar-refractivity contribution in [2.24, 2.45) is 0 Å². The minimum Gasteiger partial charge on any atom is -0.488 e. The summed E-state index contributed by atoms with van der Waals surface area (Å²) in [5.74, 6) is 0.665. The first-order valence-corrected chi connectivity index (χ1v) is 7.21. The van der Waals surface area contributed by atoms with E-state index in [2.05, 4.69) is 0 Å². The third kappa shape index (κ3) is 3.66. The highest BCUT2D eigenvalue weighted by atomic mass is 35.5. The number of benzene rings is 2. The number of para-hydroxylation sites is 1. The lowest BCUT2D eigenvalue weighted by atomic mass is 10.1. The molecule has 0 aliphatic carbocycles. The van der Waals surface area contributed by atoms with Crippen LogP contribution >= 0.6 is 23.2 Å². The molecule has 0 amide bonds. The van der Waals surface area contributed by atoms with E-state index >= 15 is 0 Å². The van der Waals surface area contributed by atoms with Crippen LogP contribution in [0.2, 0.25) is 10.0 Å². The van der Waals surface area contributed by atoms with Crippen molar-refractivity contribution in [2.45, 2.75) is 26.1 Å². The van der Waals surface area contributed by atoms with Crippen LogP contribution in [0.4, 0.5) is 0 Å². The fraction of sp³-hybridized carbons (Fsp3) is 0.250. The highest BCUT2D eigenvalue weighted by Gasteiger charge is 2.11. The number of ether oxygens (including phenoxy) is 1. The van der Waals surface area contributed by atoms with Gasteiger partial charge in [0.1, 0.15) is 12.4 Å². The SMILES string of the molecule is CC[C@H](O)c1ccccc1OCc1cc(Cl)ccc1Cl. The minimum atomic E-state index is -0.527. The predicted octanol–water partition coefficient (Wildman–Crippen LogP) is 5.02. The van der Waals surface area contributed by atoms with E-state index < -0.39 is 6.10 Å². The molecule has 0 bridgehead atoms. The third-order valence-electron chi connectivity index (χ3n) is 3.06. The largest absolute Gasteiger partial charge is 0.488 e. The van der Waals surface area contributed by atoms with Crippen molar-refractivity contribution < 1.29 is 9.84 Å². The van der Waals surface area contributed by atoms with Crippen molar-refractivity contribution in [3.8, 4) is 5.75 Å². The maximum absolute atomic E-state index is 9.98. The van der Waals surface area contributed by atoms with Crippen LogP contribution in [-0.4, -0.2) is 5.11 Å². The van der Waals surface area contributed by atoms with Gasteiger partial charge in [0.25, 0.3) is 0 Å². The molecule has 0 saturated carbocycles. The van der Waals surface area contributed by atoms with Crippen molar-refractivity contribution in [1.82, 2.24) is 0 Å². The fourth-order valence-corrected chi connectivity index (χ4v) is 2.28. The Morgan fingerprint density at radius 3 is 2.65 bits per heavy atom. The zero-order valence-corrected chi connectivity index (χ0v) is 12.7. The van der Waals surface area contributed by atoms with Gasteiger partial charge in [-0.05, 0) is 30.7 Å². The fourth-order valence-electron chi connectivity index (χ4n) is 1.92. The molecule has 2 rings (SSSR count). The van der Waals surface area contributed by atoms with Crippen LogP contribution in [0.1, 0.15) is 30.6 Å². The summed E-state index contributed by atoms with van der Waals surface area (Å²) >= 11 is 12.1. The van der Waals surface area contributed by atoms with Gasteiger partial charge in [0, 0.05) is 21.2 Å². The van der Waals surface area contributed by atoms with E-state index in [-0.39, 0.29) is 0 Å². The molecule has 20 heavy (non-hydrogen) atoms. The zero-order chi connectivity index (χ0) is 14.5. The molecule has 106 valence electrons. The van der Waals surface area contributed by atoms with Crippen molar-refractivity contribution in [3.05, 3.63) is 63.6 Å². The van der Waals surface area contributed by atoms with Crippen molar-refractivity contribution >= 4 is 23.2 Å². The van der Waals surface area contributed by atoms with Crippen LogP contribution in [0.5, 0.6) is 5.75 Å². The summed E-state index contributed by atoms with van der Waals surface area (Å²) < 4.78 is 5.78. The van der Waals surface area contributed by atoms with Crippen LogP contribution in [0.25, 0.3) is 0 Å². The summed E-state index contributed by atoms with van der Waals surface area (Å²) in [6.45, 7) is 2.24. The van der Waals surface area contributed by atoms with E-state index in [1.807, 2.05) is 31.2 Å². The number of halogens is 2. The van der Waals surface area contributed by atoms with E-state index in [9.17, 15) is 5.11 Å². The average molecular weight is 311 g/mol. The molecule has 0 aromatic heterocycles. The Morgan fingerprint density at radius 2 is 1.90 bits per heavy atom. The maximum atomic E-state index is 9.98. The Kier molecular flexibility index (Phi) is 5.30. The molecule has 0 spiro atoms. The summed E-state index contributed by atoms with van der Waals surface area (Å²) in [5.41, 5.74) is 1.60. The summed E-state index contributed by atoms with van der Waals surface area (Å²) in [7, 11) is 0. The van der Waals surface area contributed by atoms with Gasteiger partial charge < -0.3 is 9.84 Å². The van der Waals surface area contributed by atoms with Crippen molar-refractivity contribution in [1.29, 1.82) is 0 Å². The molecule has 2 aromatic rings. The molecule has 0 unspecified atom stereocenters. The lowest BCUT2D eigenvalue weighted by Gasteiger charge is -2.15. The molecular weight excluding hydrogens is 295 g/mol. The second-order valence-electron chi connectivity index (χ2n) is 4.49. The molecule has 0 fully saturated rings. The molecular formula is C16H16Cl2O2. The van der Waals surface area contributed by atoms with Crippen LogP contribution in [0.15, 0.2) is 42.5 Å². The molecule has 0 aliphatic rings. The van der Waals surface area contributed by atoms with Gasteiger partial charge in [-0.2, -0.15) is 0 Å². The first-order valence-electron chi connectivity index (χ1n) is 6.45. The average Bonchev–Trinajstić information content (AvgIpc) is 2.47. The number of hydrogen-bond donors (Lipinski definition) is 1. The summed E-state index contributed by atoms with van der Waals surface area (Å²) in [6, 6.07) is 12.7. The Morgan fingerprint density at radius 1 is 1.15 bits per heavy atom. The third-order valence-corrected chi connectivity index (χ3v) is 3.66. The first-order chi connectivity index (χ1) is 9.61. The maximum Gasteiger partial charge on any atom is 0.125 e. The molecule has 2 nitrogen and oxygen atoms in total. The van der Waals surface area contributed by atoms with Gasteiger partial charge in [-0.15, -0.1) is 0 Å². The molecule has 0 heterocycles. The van der Waals surface area contributed by atoms with Gasteiger partial charge in [0.2, 0.25) is 0 Å². The first kappa shape index (κ1) is 15.2. The summed E-state index contributed by atoms with van der Waals surface area (Å²) in [5, 5.41) is 11.2. The van der Waals surface area contributed by atoms with Gasteiger partial charge in [-0.25, -0.2) is 0 Å². The summed E-state index contributed by atoms with van der Waals surface area (Å²) in [4.78, 5) is 0. The lowest BCUT2D eigenvalue weighted by molar-refractivity contribution is 0.166. The Hall–Kier alpha value is -1.22. The van der Waals surface area contributed by atoms with E-state index in [0.29, 0.717) is 28.8 Å². The smallest absolute Gasteiger partial charge is 0.125 e. The molecule has 4 heteroatoms. The van der Waals surface area contributed by atoms with E-state index in [0.717, 1.165) is 11.1 Å². The van der Waals surface area contributed by atoms with Gasteiger partial charge in [-0.3, -0.25) is 0 Å². The Labute approximate surface area is 128 Å².